The third-order valence-corrected chi connectivity index (χ3v) is 6.98. The maximum atomic E-state index is 13.4. The first-order valence-electron chi connectivity index (χ1n) is 12.1. The van der Waals surface area contributed by atoms with Gasteiger partial charge < -0.3 is 19.9 Å². The maximum Gasteiger partial charge on any atom is 0.255 e. The Kier molecular flexibility index (Phi) is 5.56. The number of nitrogens with zero attached hydrogens (tertiary/aromatic N) is 9. The molecule has 6 rings (SSSR count). The number of nitrogens with one attached hydrogen (secondary N) is 2. The first kappa shape index (κ1) is 23.0. The first-order chi connectivity index (χ1) is 17.9. The second-order valence-electron chi connectivity index (χ2n) is 9.33. The first-order valence-corrected chi connectivity index (χ1v) is 12.1. The van der Waals surface area contributed by atoms with E-state index in [2.05, 4.69) is 52.8 Å². The number of carbonyl (C=O) groups excluding carboxylic acids is 1. The molecule has 0 saturated carbocycles. The summed E-state index contributed by atoms with van der Waals surface area (Å²) in [6, 6.07) is 7.27. The summed E-state index contributed by atoms with van der Waals surface area (Å²) in [6.45, 7) is 8.05. The van der Waals surface area contributed by atoms with E-state index in [1.54, 1.807) is 11.0 Å². The van der Waals surface area contributed by atoms with Gasteiger partial charge in [0.2, 0.25) is 5.95 Å². The van der Waals surface area contributed by atoms with Crippen LogP contribution in [0.4, 0.5) is 17.5 Å². The monoisotopic (exact) mass is 501 g/mol. The average molecular weight is 502 g/mol. The van der Waals surface area contributed by atoms with Crippen molar-refractivity contribution in [1.82, 2.24) is 40.4 Å². The molecule has 0 spiro atoms. The van der Waals surface area contributed by atoms with E-state index >= 15 is 0 Å². The van der Waals surface area contributed by atoms with E-state index in [-0.39, 0.29) is 18.1 Å². The minimum absolute atomic E-state index is 0.141. The number of anilines is 3. The molecule has 13 nitrogen and oxygen atoms in total. The Balaban J connectivity index is 1.29. The molecule has 1 aromatic carbocycles. The minimum Gasteiger partial charge on any atom is -0.375 e. The molecule has 3 aromatic heterocycles. The summed E-state index contributed by atoms with van der Waals surface area (Å²) in [5.74, 6) is 1.22. The Bertz CT molecular complexity index is 1520. The zero-order chi connectivity index (χ0) is 25.7. The molecule has 1 saturated heterocycles. The lowest BCUT2D eigenvalue weighted by Crippen LogP contribution is -2.41. The summed E-state index contributed by atoms with van der Waals surface area (Å²) in [5, 5.41) is 23.3. The van der Waals surface area contributed by atoms with Crippen LogP contribution in [0, 0.1) is 0 Å². The van der Waals surface area contributed by atoms with E-state index in [0.29, 0.717) is 35.2 Å². The molecule has 5 heterocycles. The number of amides is 1. The number of benzene rings is 1. The Labute approximate surface area is 212 Å². The second-order valence-corrected chi connectivity index (χ2v) is 9.33. The highest BCUT2D eigenvalue weighted by molar-refractivity contribution is 6.07. The van der Waals surface area contributed by atoms with Crippen molar-refractivity contribution in [3.8, 4) is 11.4 Å². The Hall–Kier alpha value is -4.39. The van der Waals surface area contributed by atoms with Gasteiger partial charge in [0, 0.05) is 43.0 Å². The highest BCUT2D eigenvalue weighted by atomic mass is 16.5. The smallest absolute Gasteiger partial charge is 0.255 e. The predicted molar refractivity (Wildman–Crippen MR) is 137 cm³/mol. The second kappa shape index (κ2) is 8.92. The van der Waals surface area contributed by atoms with Crippen LogP contribution in [0.25, 0.3) is 22.3 Å². The van der Waals surface area contributed by atoms with Crippen LogP contribution in [0.2, 0.25) is 0 Å². The van der Waals surface area contributed by atoms with Gasteiger partial charge in [-0.15, -0.1) is 0 Å². The van der Waals surface area contributed by atoms with Gasteiger partial charge in [0.15, 0.2) is 0 Å². The van der Waals surface area contributed by atoms with Crippen molar-refractivity contribution in [3.05, 3.63) is 41.9 Å². The van der Waals surface area contributed by atoms with Gasteiger partial charge in [0.05, 0.1) is 35.5 Å². The number of hydrogen-bond donors (Lipinski definition) is 2. The number of allylic oxidation sites excluding steroid dienone is 1. The molecule has 2 aliphatic rings. The van der Waals surface area contributed by atoms with E-state index in [0.717, 1.165) is 35.5 Å². The molecule has 2 atom stereocenters. The number of fused-ring (bicyclic) bond motifs is 2. The Morgan fingerprint density at radius 1 is 1.22 bits per heavy atom. The van der Waals surface area contributed by atoms with Crippen LogP contribution in [-0.2, 0) is 9.53 Å². The van der Waals surface area contributed by atoms with Crippen molar-refractivity contribution in [3.63, 3.8) is 0 Å². The fraction of sp³-hybridized carbons (Fsp3) is 0.375. The molecule has 37 heavy (non-hydrogen) atoms. The largest absolute Gasteiger partial charge is 0.375 e. The van der Waals surface area contributed by atoms with Gasteiger partial charge in [0.25, 0.3) is 5.91 Å². The number of aromatic amines is 1. The van der Waals surface area contributed by atoms with Crippen molar-refractivity contribution in [2.45, 2.75) is 32.9 Å². The number of rotatable bonds is 4. The lowest BCUT2D eigenvalue weighted by molar-refractivity contribution is -0.113. The van der Waals surface area contributed by atoms with E-state index in [9.17, 15) is 4.79 Å². The van der Waals surface area contributed by atoms with Crippen molar-refractivity contribution in [2.24, 2.45) is 0 Å². The van der Waals surface area contributed by atoms with Crippen LogP contribution in [0.1, 0.15) is 26.8 Å². The molecule has 1 amide bonds. The number of hydrogen-bond acceptors (Lipinski definition) is 10. The summed E-state index contributed by atoms with van der Waals surface area (Å²) >= 11 is 0. The van der Waals surface area contributed by atoms with Crippen LogP contribution in [-0.4, -0.2) is 79.1 Å². The summed E-state index contributed by atoms with van der Waals surface area (Å²) in [4.78, 5) is 26.4. The van der Waals surface area contributed by atoms with Gasteiger partial charge in [0.1, 0.15) is 17.8 Å². The van der Waals surface area contributed by atoms with E-state index in [1.807, 2.05) is 50.1 Å². The van der Waals surface area contributed by atoms with Gasteiger partial charge in [-0.3, -0.25) is 9.89 Å². The molecule has 190 valence electrons. The topological polar surface area (TPSA) is 143 Å². The number of aromatic nitrogens is 8. The van der Waals surface area contributed by atoms with Gasteiger partial charge in [-0.25, -0.2) is 14.6 Å². The average Bonchev–Trinajstić information content (AvgIpc) is 3.55. The van der Waals surface area contributed by atoms with Crippen LogP contribution in [0.15, 0.2) is 41.9 Å². The summed E-state index contributed by atoms with van der Waals surface area (Å²) in [6.07, 6.45) is 1.70. The van der Waals surface area contributed by atoms with E-state index in [4.69, 9.17) is 4.74 Å². The minimum atomic E-state index is -0.309. The third kappa shape index (κ3) is 3.96. The molecule has 0 radical (unpaired) electrons. The number of H-pyrrole nitrogens is 1. The summed E-state index contributed by atoms with van der Waals surface area (Å²) in [7, 11) is 1.84. The third-order valence-electron chi connectivity index (χ3n) is 6.98. The van der Waals surface area contributed by atoms with Gasteiger partial charge in [-0.2, -0.15) is 5.10 Å². The van der Waals surface area contributed by atoms with Gasteiger partial charge in [-0.05, 0) is 49.4 Å². The standard InChI is InChI=1S/C24H27N11O2/c1-13-11-34(7-8-37-13)20-10-19(25-12-26-20)22-17-9-16(5-6-18(17)28-29-22)27-23(36)21-14(2)33(4)24-30-31-32-35(24)15(21)3/h5-6,9-10,12-13,15H,7-8,11H2,1-4H3,(H,27,36)(H,28,29)/t13-,15-/m0/s1. The Morgan fingerprint density at radius 3 is 2.92 bits per heavy atom. The van der Waals surface area contributed by atoms with Crippen LogP contribution in [0.3, 0.4) is 0 Å². The Morgan fingerprint density at radius 2 is 2.08 bits per heavy atom. The lowest BCUT2D eigenvalue weighted by atomic mass is 10.0. The number of carbonyl (C=O) groups is 1. The van der Waals surface area contributed by atoms with Crippen molar-refractivity contribution < 1.29 is 9.53 Å². The molecule has 4 aromatic rings. The summed E-state index contributed by atoms with van der Waals surface area (Å²) < 4.78 is 7.30. The number of tetrazole rings is 1. The zero-order valence-electron chi connectivity index (χ0n) is 21.0. The van der Waals surface area contributed by atoms with Crippen LogP contribution < -0.4 is 15.1 Å². The summed E-state index contributed by atoms with van der Waals surface area (Å²) in [5.41, 5.74) is 4.27. The molecule has 2 aliphatic heterocycles. The molecular formula is C24H27N11O2. The predicted octanol–water partition coefficient (Wildman–Crippen LogP) is 2.15. The van der Waals surface area contributed by atoms with Gasteiger partial charge >= 0.3 is 0 Å². The highest BCUT2D eigenvalue weighted by Crippen LogP contribution is 2.33. The van der Waals surface area contributed by atoms with Gasteiger partial charge in [-0.1, -0.05) is 5.10 Å². The van der Waals surface area contributed by atoms with E-state index in [1.165, 1.54) is 0 Å². The quantitative estimate of drug-likeness (QED) is 0.427. The molecule has 0 bridgehead atoms. The number of morpholine rings is 1. The molecule has 13 heteroatoms. The number of ether oxygens (including phenoxy) is 1. The normalized spacial score (nSPS) is 19.9. The SMILES string of the molecule is CC1=C(C(=O)Nc2ccc3[nH]nc(-c4cc(N5CCO[C@@H](C)C5)ncn4)c3c2)[C@H](C)n2nnnc2N1C. The van der Waals surface area contributed by atoms with Crippen molar-refractivity contribution in [2.75, 3.05) is 41.9 Å². The lowest BCUT2D eigenvalue weighted by Gasteiger charge is -2.32. The molecular weight excluding hydrogens is 474 g/mol. The molecule has 0 unspecified atom stereocenters. The van der Waals surface area contributed by atoms with Crippen molar-refractivity contribution >= 4 is 34.3 Å². The maximum absolute atomic E-state index is 13.4. The highest BCUT2D eigenvalue weighted by Gasteiger charge is 2.32. The fourth-order valence-corrected chi connectivity index (χ4v) is 4.93. The molecule has 1 fully saturated rings. The van der Waals surface area contributed by atoms with Crippen LogP contribution in [0.5, 0.6) is 0 Å². The van der Waals surface area contributed by atoms with E-state index < -0.39 is 0 Å². The fourth-order valence-electron chi connectivity index (χ4n) is 4.93. The molecule has 0 aliphatic carbocycles. The van der Waals surface area contributed by atoms with Crippen LogP contribution >= 0.6 is 0 Å². The molecule has 2 N–H and O–H groups in total. The van der Waals surface area contributed by atoms with Crippen molar-refractivity contribution in [1.29, 1.82) is 0 Å². The zero-order valence-corrected chi connectivity index (χ0v) is 21.0.